The average molecular weight is 306 g/mol. The van der Waals surface area contributed by atoms with Crippen LogP contribution in [0.1, 0.15) is 40.5 Å². The fourth-order valence-corrected chi connectivity index (χ4v) is 2.55. The molecule has 0 unspecified atom stereocenters. The smallest absolute Gasteiger partial charge is 0.408 e. The number of nitrogen functional groups attached to an aromatic ring is 1. The van der Waals surface area contributed by atoms with E-state index in [1.807, 2.05) is 39.8 Å². The van der Waals surface area contributed by atoms with E-state index in [2.05, 4.69) is 15.2 Å². The molecule has 1 fully saturated rings. The third kappa shape index (κ3) is 4.26. The third-order valence-electron chi connectivity index (χ3n) is 3.79. The first-order valence-electron chi connectivity index (χ1n) is 7.65. The largest absolute Gasteiger partial charge is 0.443 e. The predicted molar refractivity (Wildman–Crippen MR) is 87.9 cm³/mol. The summed E-state index contributed by atoms with van der Waals surface area (Å²) in [4.78, 5) is 18.3. The van der Waals surface area contributed by atoms with Crippen molar-refractivity contribution >= 4 is 17.6 Å². The number of amides is 1. The van der Waals surface area contributed by atoms with Crippen LogP contribution in [-0.4, -0.2) is 35.3 Å². The fraction of sp³-hybridized carbons (Fsp3) is 0.625. The topological polar surface area (TPSA) is 80.5 Å². The first-order chi connectivity index (χ1) is 10.2. The zero-order chi connectivity index (χ0) is 16.4. The summed E-state index contributed by atoms with van der Waals surface area (Å²) in [5.41, 5.74) is 6.13. The molecule has 1 aromatic rings. The summed E-state index contributed by atoms with van der Waals surface area (Å²) in [5, 5.41) is 2.84. The van der Waals surface area contributed by atoms with Crippen LogP contribution in [0.2, 0.25) is 0 Å². The Kier molecular flexibility index (Phi) is 4.49. The number of nitrogens with two attached hydrogens (primary N) is 1. The number of pyridine rings is 1. The first-order valence-corrected chi connectivity index (χ1v) is 7.65. The molecule has 1 saturated heterocycles. The van der Waals surface area contributed by atoms with E-state index in [1.165, 1.54) is 0 Å². The lowest BCUT2D eigenvalue weighted by Gasteiger charge is -2.40. The van der Waals surface area contributed by atoms with E-state index in [0.717, 1.165) is 31.6 Å². The van der Waals surface area contributed by atoms with Crippen LogP contribution >= 0.6 is 0 Å². The van der Waals surface area contributed by atoms with Gasteiger partial charge >= 0.3 is 6.09 Å². The summed E-state index contributed by atoms with van der Waals surface area (Å²) in [7, 11) is 0. The maximum atomic E-state index is 12.0. The molecule has 122 valence electrons. The van der Waals surface area contributed by atoms with Gasteiger partial charge in [0.2, 0.25) is 0 Å². The van der Waals surface area contributed by atoms with Crippen molar-refractivity contribution in [1.82, 2.24) is 10.3 Å². The van der Waals surface area contributed by atoms with E-state index in [-0.39, 0.29) is 11.6 Å². The highest BCUT2D eigenvalue weighted by Gasteiger charge is 2.35. The van der Waals surface area contributed by atoms with Crippen molar-refractivity contribution in [3.05, 3.63) is 18.3 Å². The maximum Gasteiger partial charge on any atom is 0.408 e. The lowest BCUT2D eigenvalue weighted by Crippen LogP contribution is -2.49. The number of ether oxygens (including phenoxy) is 1. The Balaban J connectivity index is 1.93. The lowest BCUT2D eigenvalue weighted by atomic mass is 9.93. The molecule has 6 heteroatoms. The molecule has 1 aliphatic rings. The number of piperidine rings is 1. The molecule has 0 radical (unpaired) electrons. The molecule has 0 spiro atoms. The van der Waals surface area contributed by atoms with Crippen LogP contribution in [0.15, 0.2) is 18.3 Å². The zero-order valence-electron chi connectivity index (χ0n) is 13.8. The normalized spacial score (nSPS) is 17.9. The van der Waals surface area contributed by atoms with Crippen molar-refractivity contribution in [3.8, 4) is 0 Å². The van der Waals surface area contributed by atoms with Gasteiger partial charge < -0.3 is 20.7 Å². The molecule has 0 saturated carbocycles. The van der Waals surface area contributed by atoms with E-state index in [9.17, 15) is 4.79 Å². The number of alkyl carbamates (subject to hydrolysis) is 1. The van der Waals surface area contributed by atoms with Gasteiger partial charge in [0.25, 0.3) is 0 Å². The minimum absolute atomic E-state index is 0.293. The summed E-state index contributed by atoms with van der Waals surface area (Å²) >= 11 is 0. The van der Waals surface area contributed by atoms with Gasteiger partial charge in [-0.05, 0) is 39.8 Å². The number of aromatic nitrogens is 1. The molecular weight excluding hydrogens is 280 g/mol. The van der Waals surface area contributed by atoms with Crippen molar-refractivity contribution in [2.45, 2.75) is 51.7 Å². The summed E-state index contributed by atoms with van der Waals surface area (Å²) in [6.45, 7) is 9.36. The van der Waals surface area contributed by atoms with E-state index >= 15 is 0 Å². The molecule has 3 N–H and O–H groups in total. The van der Waals surface area contributed by atoms with E-state index in [0.29, 0.717) is 5.82 Å². The van der Waals surface area contributed by atoms with Crippen molar-refractivity contribution in [3.63, 3.8) is 0 Å². The van der Waals surface area contributed by atoms with Gasteiger partial charge in [-0.15, -0.1) is 0 Å². The summed E-state index contributed by atoms with van der Waals surface area (Å²) in [6.07, 6.45) is 2.86. The molecule has 22 heavy (non-hydrogen) atoms. The summed E-state index contributed by atoms with van der Waals surface area (Å²) < 4.78 is 5.65. The number of carbonyl (C=O) groups excluding carboxylic acids is 1. The van der Waals surface area contributed by atoms with Crippen LogP contribution in [0.25, 0.3) is 0 Å². The highest BCUT2D eigenvalue weighted by molar-refractivity contribution is 5.69. The second-order valence-corrected chi connectivity index (χ2v) is 7.11. The fourth-order valence-electron chi connectivity index (χ4n) is 2.55. The van der Waals surface area contributed by atoms with Gasteiger partial charge in [0.15, 0.2) is 0 Å². The van der Waals surface area contributed by atoms with Crippen LogP contribution in [0.5, 0.6) is 0 Å². The van der Waals surface area contributed by atoms with Crippen LogP contribution < -0.4 is 16.0 Å². The number of hydrogen-bond acceptors (Lipinski definition) is 5. The highest BCUT2D eigenvalue weighted by Crippen LogP contribution is 2.31. The molecule has 0 aromatic carbocycles. The Labute approximate surface area is 132 Å². The third-order valence-corrected chi connectivity index (χ3v) is 3.79. The molecule has 2 rings (SSSR count). The predicted octanol–water partition coefficient (Wildman–Crippen LogP) is 2.55. The SMILES string of the molecule is CC(C)(C)NC(=O)OC1(C)CCN(c2cccnc2N)CC1. The molecule has 1 aromatic heterocycles. The number of rotatable bonds is 2. The summed E-state index contributed by atoms with van der Waals surface area (Å²) in [6, 6.07) is 3.85. The lowest BCUT2D eigenvalue weighted by molar-refractivity contribution is 0.00415. The Hall–Kier alpha value is -1.98. The number of hydrogen-bond donors (Lipinski definition) is 2. The van der Waals surface area contributed by atoms with Crippen LogP contribution in [-0.2, 0) is 4.74 Å². The quantitative estimate of drug-likeness (QED) is 0.877. The van der Waals surface area contributed by atoms with Gasteiger partial charge in [-0.1, -0.05) is 0 Å². The van der Waals surface area contributed by atoms with Gasteiger partial charge in [0.05, 0.1) is 5.69 Å². The molecule has 6 nitrogen and oxygen atoms in total. The Bertz CT molecular complexity index is 531. The minimum atomic E-state index is -0.442. The van der Waals surface area contributed by atoms with Gasteiger partial charge in [0.1, 0.15) is 11.4 Å². The van der Waals surface area contributed by atoms with Gasteiger partial charge in [-0.25, -0.2) is 9.78 Å². The summed E-state index contributed by atoms with van der Waals surface area (Å²) in [5.74, 6) is 0.539. The first kappa shape index (κ1) is 16.4. The van der Waals surface area contributed by atoms with E-state index in [1.54, 1.807) is 6.20 Å². The van der Waals surface area contributed by atoms with Gasteiger partial charge in [-0.3, -0.25) is 0 Å². The van der Waals surface area contributed by atoms with Crippen molar-refractivity contribution in [1.29, 1.82) is 0 Å². The maximum absolute atomic E-state index is 12.0. The van der Waals surface area contributed by atoms with Gasteiger partial charge in [-0.2, -0.15) is 0 Å². The monoisotopic (exact) mass is 306 g/mol. The molecule has 0 atom stereocenters. The molecule has 2 heterocycles. The number of nitrogens with one attached hydrogen (secondary N) is 1. The van der Waals surface area contributed by atoms with Crippen LogP contribution in [0.3, 0.4) is 0 Å². The van der Waals surface area contributed by atoms with Crippen molar-refractivity contribution in [2.24, 2.45) is 0 Å². The van der Waals surface area contributed by atoms with Crippen LogP contribution in [0.4, 0.5) is 16.3 Å². The molecule has 1 aliphatic heterocycles. The second-order valence-electron chi connectivity index (χ2n) is 7.11. The number of carbonyl (C=O) groups is 1. The average Bonchev–Trinajstić information content (AvgIpc) is 2.38. The van der Waals surface area contributed by atoms with E-state index in [4.69, 9.17) is 10.5 Å². The molecule has 0 aliphatic carbocycles. The second kappa shape index (κ2) is 6.02. The Morgan fingerprint density at radius 2 is 2.05 bits per heavy atom. The highest BCUT2D eigenvalue weighted by atomic mass is 16.6. The molecule has 0 bridgehead atoms. The van der Waals surface area contributed by atoms with Crippen LogP contribution in [0, 0.1) is 0 Å². The van der Waals surface area contributed by atoms with Gasteiger partial charge in [0, 0.05) is 37.7 Å². The van der Waals surface area contributed by atoms with E-state index < -0.39 is 5.60 Å². The van der Waals surface area contributed by atoms with Crippen molar-refractivity contribution in [2.75, 3.05) is 23.7 Å². The zero-order valence-corrected chi connectivity index (χ0v) is 13.8. The number of nitrogens with zero attached hydrogens (tertiary/aromatic N) is 2. The Morgan fingerprint density at radius 3 is 2.59 bits per heavy atom. The standard InChI is InChI=1S/C16H26N4O2/c1-15(2,3)19-14(21)22-16(4)7-10-20(11-8-16)12-6-5-9-18-13(12)17/h5-6,9H,7-8,10-11H2,1-4H3,(H2,17,18)(H,19,21). The number of anilines is 2. The Morgan fingerprint density at radius 1 is 1.41 bits per heavy atom. The molecule has 1 amide bonds. The van der Waals surface area contributed by atoms with Crippen molar-refractivity contribution < 1.29 is 9.53 Å². The molecular formula is C16H26N4O2. The minimum Gasteiger partial charge on any atom is -0.443 e.